The van der Waals surface area contributed by atoms with Gasteiger partial charge in [0, 0.05) is 5.92 Å². The summed E-state index contributed by atoms with van der Waals surface area (Å²) in [5.74, 6) is -0.395. The molecule has 0 aliphatic carbocycles. The smallest absolute Gasteiger partial charge is 0.357 e. The van der Waals surface area contributed by atoms with Crippen molar-refractivity contribution in [2.75, 3.05) is 6.61 Å². The maximum absolute atomic E-state index is 11.2. The van der Waals surface area contributed by atoms with Gasteiger partial charge in [-0.25, -0.2) is 9.78 Å². The van der Waals surface area contributed by atoms with Crippen LogP contribution < -0.4 is 9.57 Å². The molecule has 0 saturated carbocycles. The zero-order chi connectivity index (χ0) is 17.5. The lowest BCUT2D eigenvalue weighted by Crippen LogP contribution is -2.17. The van der Waals surface area contributed by atoms with Crippen LogP contribution in [0.2, 0.25) is 0 Å². The lowest BCUT2D eigenvalue weighted by molar-refractivity contribution is 0.0565. The Morgan fingerprint density at radius 2 is 2.12 bits per heavy atom. The Morgan fingerprint density at radius 3 is 2.75 bits per heavy atom. The third kappa shape index (κ3) is 4.49. The number of rotatable bonds is 8. The zero-order valence-electron chi connectivity index (χ0n) is 13.6. The number of nitrogens with zero attached hydrogens (tertiary/aromatic N) is 3. The molecule has 0 aliphatic rings. The van der Waals surface area contributed by atoms with E-state index in [-0.39, 0.29) is 18.2 Å². The van der Waals surface area contributed by atoms with Crippen LogP contribution in [-0.2, 0) is 6.61 Å². The molecule has 0 fully saturated rings. The summed E-state index contributed by atoms with van der Waals surface area (Å²) in [6.07, 6.45) is 2.02. The standard InChI is InChI=1S/C17H19N3O4/c1-12(9-18)7-8-23-15-5-3-14(4-6-15)10-24-20-11-19-13(2)16(20)17(21)22/h3-6,11-12H,7-8,10H2,1-2H3,(H,21,22). The average Bonchev–Trinajstić information content (AvgIpc) is 2.94. The summed E-state index contributed by atoms with van der Waals surface area (Å²) in [6.45, 7) is 4.16. The van der Waals surface area contributed by atoms with E-state index in [2.05, 4.69) is 11.1 Å². The molecule has 7 nitrogen and oxygen atoms in total. The van der Waals surface area contributed by atoms with E-state index >= 15 is 0 Å². The largest absolute Gasteiger partial charge is 0.494 e. The van der Waals surface area contributed by atoms with Crippen LogP contribution in [0.5, 0.6) is 5.75 Å². The predicted molar refractivity (Wildman–Crippen MR) is 85.5 cm³/mol. The molecule has 2 aromatic rings. The van der Waals surface area contributed by atoms with Gasteiger partial charge in [-0.3, -0.25) is 0 Å². The monoisotopic (exact) mass is 329 g/mol. The first-order valence-electron chi connectivity index (χ1n) is 7.53. The lowest BCUT2D eigenvalue weighted by atomic mass is 10.1. The molecule has 1 heterocycles. The van der Waals surface area contributed by atoms with Gasteiger partial charge in [0.15, 0.2) is 5.69 Å². The number of aryl methyl sites for hydroxylation is 1. The topological polar surface area (TPSA) is 97.4 Å². The first kappa shape index (κ1) is 17.3. The number of aromatic carboxylic acids is 1. The van der Waals surface area contributed by atoms with Crippen molar-refractivity contribution in [3.63, 3.8) is 0 Å². The SMILES string of the molecule is Cc1ncn(OCc2ccc(OCCC(C)C#N)cc2)c1C(=O)O. The van der Waals surface area contributed by atoms with Gasteiger partial charge in [-0.15, -0.1) is 0 Å². The third-order valence-corrected chi connectivity index (χ3v) is 3.46. The molecule has 0 radical (unpaired) electrons. The van der Waals surface area contributed by atoms with Crippen molar-refractivity contribution in [1.29, 1.82) is 5.26 Å². The Morgan fingerprint density at radius 1 is 1.42 bits per heavy atom. The van der Waals surface area contributed by atoms with E-state index in [0.717, 1.165) is 10.3 Å². The summed E-state index contributed by atoms with van der Waals surface area (Å²) in [5.41, 5.74) is 1.29. The average molecular weight is 329 g/mol. The Hall–Kier alpha value is -3.01. The van der Waals surface area contributed by atoms with Crippen molar-refractivity contribution in [3.8, 4) is 11.8 Å². The molecule has 1 unspecified atom stereocenters. The Balaban J connectivity index is 1.88. The molecular weight excluding hydrogens is 310 g/mol. The molecule has 1 aromatic heterocycles. The van der Waals surface area contributed by atoms with Gasteiger partial charge in [0.25, 0.3) is 0 Å². The number of ether oxygens (including phenoxy) is 1. The quantitative estimate of drug-likeness (QED) is 0.799. The van der Waals surface area contributed by atoms with Crippen LogP contribution in [0.25, 0.3) is 0 Å². The van der Waals surface area contributed by atoms with Gasteiger partial charge in [0.1, 0.15) is 18.7 Å². The van der Waals surface area contributed by atoms with Crippen molar-refractivity contribution < 1.29 is 19.5 Å². The van der Waals surface area contributed by atoms with Crippen LogP contribution in [0.15, 0.2) is 30.6 Å². The Kier molecular flexibility index (Phi) is 5.79. The zero-order valence-corrected chi connectivity index (χ0v) is 13.6. The molecule has 0 spiro atoms. The van der Waals surface area contributed by atoms with E-state index in [0.29, 0.717) is 24.5 Å². The van der Waals surface area contributed by atoms with Crippen molar-refractivity contribution >= 4 is 5.97 Å². The number of carbonyl (C=O) groups is 1. The van der Waals surface area contributed by atoms with Gasteiger partial charge in [0.05, 0.1) is 18.4 Å². The van der Waals surface area contributed by atoms with Crippen molar-refractivity contribution in [3.05, 3.63) is 47.5 Å². The highest BCUT2D eigenvalue weighted by atomic mass is 16.7. The first-order chi connectivity index (χ1) is 11.5. The minimum atomic E-state index is -1.08. The van der Waals surface area contributed by atoms with E-state index in [1.54, 1.807) is 6.92 Å². The van der Waals surface area contributed by atoms with Gasteiger partial charge in [-0.1, -0.05) is 12.1 Å². The highest BCUT2D eigenvalue weighted by molar-refractivity contribution is 5.86. The fourth-order valence-electron chi connectivity index (χ4n) is 2.01. The molecule has 7 heteroatoms. The van der Waals surface area contributed by atoms with Crippen LogP contribution in [0.1, 0.15) is 35.1 Å². The minimum Gasteiger partial charge on any atom is -0.494 e. The normalized spacial score (nSPS) is 11.5. The van der Waals surface area contributed by atoms with Gasteiger partial charge < -0.3 is 14.7 Å². The van der Waals surface area contributed by atoms with E-state index in [1.165, 1.54) is 6.33 Å². The number of hydrogen-bond donors (Lipinski definition) is 1. The summed E-state index contributed by atoms with van der Waals surface area (Å²) < 4.78 is 6.72. The number of benzene rings is 1. The number of aromatic nitrogens is 2. The molecule has 126 valence electrons. The van der Waals surface area contributed by atoms with E-state index in [9.17, 15) is 4.79 Å². The Labute approximate surface area is 140 Å². The first-order valence-corrected chi connectivity index (χ1v) is 7.53. The van der Waals surface area contributed by atoms with Gasteiger partial charge in [-0.05, 0) is 38.0 Å². The number of carboxylic acid groups (broad SMARTS) is 1. The summed E-state index contributed by atoms with van der Waals surface area (Å²) in [5, 5.41) is 17.8. The number of nitriles is 1. The molecular formula is C17H19N3O4. The molecule has 0 bridgehead atoms. The maximum Gasteiger partial charge on any atom is 0.357 e. The molecule has 24 heavy (non-hydrogen) atoms. The van der Waals surface area contributed by atoms with Crippen molar-refractivity contribution in [2.45, 2.75) is 26.9 Å². The third-order valence-electron chi connectivity index (χ3n) is 3.46. The molecule has 1 N–H and O–H groups in total. The fourth-order valence-corrected chi connectivity index (χ4v) is 2.01. The van der Waals surface area contributed by atoms with Gasteiger partial charge in [0.2, 0.25) is 0 Å². The van der Waals surface area contributed by atoms with Gasteiger partial charge in [-0.2, -0.15) is 9.99 Å². The van der Waals surface area contributed by atoms with Crippen LogP contribution in [0.3, 0.4) is 0 Å². The molecule has 0 saturated heterocycles. The predicted octanol–water partition coefficient (Wildman–Crippen LogP) is 2.45. The number of hydrogen-bond acceptors (Lipinski definition) is 5. The van der Waals surface area contributed by atoms with E-state index in [4.69, 9.17) is 19.9 Å². The summed E-state index contributed by atoms with van der Waals surface area (Å²) in [6, 6.07) is 9.47. The molecule has 2 rings (SSSR count). The maximum atomic E-state index is 11.2. The molecule has 1 atom stereocenters. The number of imidazole rings is 1. The molecule has 1 aromatic carbocycles. The van der Waals surface area contributed by atoms with Crippen molar-refractivity contribution in [2.24, 2.45) is 5.92 Å². The van der Waals surface area contributed by atoms with Crippen molar-refractivity contribution in [1.82, 2.24) is 9.71 Å². The Bertz CT molecular complexity index is 731. The minimum absolute atomic E-state index is 0.0153. The summed E-state index contributed by atoms with van der Waals surface area (Å²) in [4.78, 5) is 20.6. The van der Waals surface area contributed by atoms with Crippen LogP contribution in [0, 0.1) is 24.2 Å². The molecule has 0 aliphatic heterocycles. The molecule has 0 amide bonds. The van der Waals surface area contributed by atoms with E-state index in [1.807, 2.05) is 31.2 Å². The second-order valence-corrected chi connectivity index (χ2v) is 5.39. The van der Waals surface area contributed by atoms with Gasteiger partial charge >= 0.3 is 5.97 Å². The summed E-state index contributed by atoms with van der Waals surface area (Å²) in [7, 11) is 0. The number of carboxylic acids is 1. The fraction of sp³-hybridized carbons (Fsp3) is 0.353. The second-order valence-electron chi connectivity index (χ2n) is 5.39. The lowest BCUT2D eigenvalue weighted by Gasteiger charge is -2.10. The van der Waals surface area contributed by atoms with E-state index < -0.39 is 5.97 Å². The second kappa shape index (κ2) is 8.02. The summed E-state index contributed by atoms with van der Waals surface area (Å²) >= 11 is 0. The highest BCUT2D eigenvalue weighted by Crippen LogP contribution is 2.14. The van der Waals surface area contributed by atoms with Crippen LogP contribution in [0.4, 0.5) is 0 Å². The highest BCUT2D eigenvalue weighted by Gasteiger charge is 2.15. The van der Waals surface area contributed by atoms with Crippen LogP contribution in [-0.4, -0.2) is 27.4 Å². The van der Waals surface area contributed by atoms with Crippen LogP contribution >= 0.6 is 0 Å².